The van der Waals surface area contributed by atoms with Gasteiger partial charge < -0.3 is 10.1 Å². The van der Waals surface area contributed by atoms with Crippen molar-refractivity contribution < 1.29 is 4.74 Å². The molecule has 2 heteroatoms. The summed E-state index contributed by atoms with van der Waals surface area (Å²) in [6.45, 7) is 13.2. The van der Waals surface area contributed by atoms with Crippen molar-refractivity contribution in [3.8, 4) is 0 Å². The van der Waals surface area contributed by atoms with Gasteiger partial charge in [-0.25, -0.2) is 0 Å². The van der Waals surface area contributed by atoms with Crippen molar-refractivity contribution in [1.29, 1.82) is 0 Å². The molecule has 0 aliphatic rings. The van der Waals surface area contributed by atoms with Crippen LogP contribution < -0.4 is 5.32 Å². The molecule has 0 aromatic rings. The van der Waals surface area contributed by atoms with Gasteiger partial charge in [0.25, 0.3) is 0 Å². The highest BCUT2D eigenvalue weighted by molar-refractivity contribution is 4.51. The van der Waals surface area contributed by atoms with Crippen molar-refractivity contribution >= 4 is 0 Å². The van der Waals surface area contributed by atoms with E-state index < -0.39 is 0 Å². The van der Waals surface area contributed by atoms with E-state index in [4.69, 9.17) is 4.74 Å². The monoisotopic (exact) mass is 243 g/mol. The third-order valence-corrected chi connectivity index (χ3v) is 2.85. The van der Waals surface area contributed by atoms with E-state index in [2.05, 4.69) is 33.0 Å². The molecule has 17 heavy (non-hydrogen) atoms. The zero-order valence-corrected chi connectivity index (χ0v) is 12.4. The van der Waals surface area contributed by atoms with Gasteiger partial charge in [0.1, 0.15) is 0 Å². The van der Waals surface area contributed by atoms with E-state index in [0.717, 1.165) is 44.6 Å². The molecule has 0 spiro atoms. The number of hydrogen-bond acceptors (Lipinski definition) is 2. The van der Waals surface area contributed by atoms with Crippen molar-refractivity contribution in [2.45, 2.75) is 59.8 Å². The first kappa shape index (κ1) is 16.9. The Hall–Kier alpha value is -0.0800. The number of hydrogen-bond donors (Lipinski definition) is 1. The first-order valence-electron chi connectivity index (χ1n) is 7.41. The Morgan fingerprint density at radius 1 is 0.765 bits per heavy atom. The molecule has 0 aromatic carbocycles. The first-order chi connectivity index (χ1) is 8.13. The molecule has 0 aliphatic carbocycles. The van der Waals surface area contributed by atoms with Crippen LogP contribution >= 0.6 is 0 Å². The molecule has 0 bridgehead atoms. The fourth-order valence-electron chi connectivity index (χ4n) is 1.76. The Morgan fingerprint density at radius 2 is 1.29 bits per heavy atom. The van der Waals surface area contributed by atoms with Gasteiger partial charge >= 0.3 is 0 Å². The van der Waals surface area contributed by atoms with Gasteiger partial charge in [-0.1, -0.05) is 27.7 Å². The summed E-state index contributed by atoms with van der Waals surface area (Å²) in [5.41, 5.74) is 0. The molecular formula is C15H33NO. The molecule has 0 aliphatic heterocycles. The summed E-state index contributed by atoms with van der Waals surface area (Å²) in [4.78, 5) is 0. The average molecular weight is 243 g/mol. The van der Waals surface area contributed by atoms with Gasteiger partial charge in [-0.2, -0.15) is 0 Å². The van der Waals surface area contributed by atoms with Gasteiger partial charge in [-0.15, -0.1) is 0 Å². The summed E-state index contributed by atoms with van der Waals surface area (Å²) in [6, 6.07) is 0. The minimum Gasteiger partial charge on any atom is -0.381 e. The summed E-state index contributed by atoms with van der Waals surface area (Å²) >= 11 is 0. The largest absolute Gasteiger partial charge is 0.381 e. The van der Waals surface area contributed by atoms with Crippen LogP contribution in [0.5, 0.6) is 0 Å². The Morgan fingerprint density at radius 3 is 1.94 bits per heavy atom. The number of ether oxygens (including phenoxy) is 1. The third-order valence-electron chi connectivity index (χ3n) is 2.85. The maximum atomic E-state index is 5.59. The second-order valence-corrected chi connectivity index (χ2v) is 5.79. The van der Waals surface area contributed by atoms with Crippen molar-refractivity contribution in [2.75, 3.05) is 26.3 Å². The van der Waals surface area contributed by atoms with Gasteiger partial charge in [-0.05, 0) is 57.0 Å². The van der Waals surface area contributed by atoms with Gasteiger partial charge in [-0.3, -0.25) is 0 Å². The van der Waals surface area contributed by atoms with Crippen LogP contribution in [0.3, 0.4) is 0 Å². The van der Waals surface area contributed by atoms with E-state index in [0.29, 0.717) is 0 Å². The molecule has 0 aromatic heterocycles. The van der Waals surface area contributed by atoms with Gasteiger partial charge in [0.05, 0.1) is 0 Å². The standard InChI is InChI=1S/C15H33NO/c1-14(2)8-5-10-16-11-7-13-17-12-6-9-15(3)4/h14-16H,5-13H2,1-4H3. The topological polar surface area (TPSA) is 21.3 Å². The van der Waals surface area contributed by atoms with Crippen molar-refractivity contribution in [3.63, 3.8) is 0 Å². The maximum absolute atomic E-state index is 5.59. The highest BCUT2D eigenvalue weighted by Gasteiger charge is 1.95. The van der Waals surface area contributed by atoms with Crippen molar-refractivity contribution in [2.24, 2.45) is 11.8 Å². The second-order valence-electron chi connectivity index (χ2n) is 5.79. The van der Waals surface area contributed by atoms with Crippen molar-refractivity contribution in [1.82, 2.24) is 5.32 Å². The second kappa shape index (κ2) is 12.4. The molecule has 0 rings (SSSR count). The Labute approximate surface area is 109 Å². The SMILES string of the molecule is CC(C)CCCNCCCOCCCC(C)C. The molecular weight excluding hydrogens is 210 g/mol. The summed E-state index contributed by atoms with van der Waals surface area (Å²) in [7, 11) is 0. The molecule has 0 unspecified atom stereocenters. The smallest absolute Gasteiger partial charge is 0.0478 e. The zero-order chi connectivity index (χ0) is 12.9. The number of nitrogens with one attached hydrogen (secondary N) is 1. The molecule has 0 amide bonds. The first-order valence-corrected chi connectivity index (χ1v) is 7.41. The van der Waals surface area contributed by atoms with Crippen LogP contribution in [0.15, 0.2) is 0 Å². The molecule has 0 radical (unpaired) electrons. The third kappa shape index (κ3) is 15.9. The minimum atomic E-state index is 0.807. The van der Waals surface area contributed by atoms with Gasteiger partial charge in [0.15, 0.2) is 0 Å². The van der Waals surface area contributed by atoms with E-state index in [-0.39, 0.29) is 0 Å². The number of rotatable bonds is 12. The Kier molecular flexibility index (Phi) is 12.3. The minimum absolute atomic E-state index is 0.807. The maximum Gasteiger partial charge on any atom is 0.0478 e. The lowest BCUT2D eigenvalue weighted by molar-refractivity contribution is 0.125. The van der Waals surface area contributed by atoms with E-state index in [9.17, 15) is 0 Å². The van der Waals surface area contributed by atoms with E-state index in [1.165, 1.54) is 25.7 Å². The van der Waals surface area contributed by atoms with Crippen LogP contribution in [-0.2, 0) is 4.74 Å². The van der Waals surface area contributed by atoms with Crippen molar-refractivity contribution in [3.05, 3.63) is 0 Å². The highest BCUT2D eigenvalue weighted by Crippen LogP contribution is 2.03. The molecule has 104 valence electrons. The lowest BCUT2D eigenvalue weighted by atomic mass is 10.1. The predicted octanol–water partition coefficient (Wildman–Crippen LogP) is 3.86. The molecule has 2 nitrogen and oxygen atoms in total. The molecule has 0 saturated heterocycles. The van der Waals surface area contributed by atoms with Crippen LogP contribution in [-0.4, -0.2) is 26.3 Å². The van der Waals surface area contributed by atoms with Gasteiger partial charge in [0.2, 0.25) is 0 Å². The molecule has 1 N–H and O–H groups in total. The van der Waals surface area contributed by atoms with Crippen LogP contribution in [0, 0.1) is 11.8 Å². The Bertz CT molecular complexity index is 130. The predicted molar refractivity (Wildman–Crippen MR) is 76.4 cm³/mol. The summed E-state index contributed by atoms with van der Waals surface area (Å²) < 4.78 is 5.59. The van der Waals surface area contributed by atoms with Crippen LogP contribution in [0.25, 0.3) is 0 Å². The van der Waals surface area contributed by atoms with E-state index >= 15 is 0 Å². The highest BCUT2D eigenvalue weighted by atomic mass is 16.5. The molecule has 0 heterocycles. The van der Waals surface area contributed by atoms with Crippen LogP contribution in [0.4, 0.5) is 0 Å². The summed E-state index contributed by atoms with van der Waals surface area (Å²) in [6.07, 6.45) is 6.27. The molecule has 0 atom stereocenters. The summed E-state index contributed by atoms with van der Waals surface area (Å²) in [5.74, 6) is 1.64. The van der Waals surface area contributed by atoms with E-state index in [1.54, 1.807) is 0 Å². The quantitative estimate of drug-likeness (QED) is 0.526. The van der Waals surface area contributed by atoms with Crippen LogP contribution in [0.1, 0.15) is 59.8 Å². The normalized spacial score (nSPS) is 11.6. The fourth-order valence-corrected chi connectivity index (χ4v) is 1.76. The fraction of sp³-hybridized carbons (Fsp3) is 1.00. The molecule has 0 fully saturated rings. The zero-order valence-electron chi connectivity index (χ0n) is 12.4. The van der Waals surface area contributed by atoms with Gasteiger partial charge in [0, 0.05) is 13.2 Å². The summed E-state index contributed by atoms with van der Waals surface area (Å²) in [5, 5.41) is 3.47. The lowest BCUT2D eigenvalue weighted by Crippen LogP contribution is -2.18. The Balaban J connectivity index is 2.94. The average Bonchev–Trinajstić information content (AvgIpc) is 2.25. The van der Waals surface area contributed by atoms with E-state index in [1.807, 2.05) is 0 Å². The molecule has 0 saturated carbocycles. The van der Waals surface area contributed by atoms with Crippen LogP contribution in [0.2, 0.25) is 0 Å². The lowest BCUT2D eigenvalue weighted by Gasteiger charge is -2.08.